The van der Waals surface area contributed by atoms with Crippen LogP contribution in [0.2, 0.25) is 0 Å². The molecule has 0 unspecified atom stereocenters. The Balaban J connectivity index is 2.78. The van der Waals surface area contributed by atoms with Gasteiger partial charge >= 0.3 is 5.97 Å². The third kappa shape index (κ3) is 2.26. The molecule has 0 aromatic carbocycles. The lowest BCUT2D eigenvalue weighted by molar-refractivity contribution is -0.143. The summed E-state index contributed by atoms with van der Waals surface area (Å²) in [5.41, 5.74) is 0.215. The first-order chi connectivity index (χ1) is 6.43. The van der Waals surface area contributed by atoms with Crippen LogP contribution in [-0.4, -0.2) is 39.9 Å². The summed E-state index contributed by atoms with van der Waals surface area (Å²) in [4.78, 5) is 11.2. The number of hydrogen-bond donors (Lipinski definition) is 2. The number of halogens is 1. The predicted molar refractivity (Wildman–Crippen MR) is 51.0 cm³/mol. The van der Waals surface area contributed by atoms with Crippen molar-refractivity contribution in [3.8, 4) is 0 Å². The van der Waals surface area contributed by atoms with Crippen molar-refractivity contribution in [2.45, 2.75) is 37.5 Å². The number of alkyl halides is 1. The Hall–Kier alpha value is -0.580. The van der Waals surface area contributed by atoms with Gasteiger partial charge in [-0.3, -0.25) is 0 Å². The molecule has 5 heteroatoms. The van der Waals surface area contributed by atoms with Gasteiger partial charge in [-0.2, -0.15) is 0 Å². The predicted octanol–water partition coefficient (Wildman–Crippen LogP) is 0.207. The molecular formula is C9H13ClO4. The molecule has 0 aromatic rings. The summed E-state index contributed by atoms with van der Waals surface area (Å²) >= 11 is 5.79. The molecule has 4 atom stereocenters. The highest BCUT2D eigenvalue weighted by Crippen LogP contribution is 2.24. The summed E-state index contributed by atoms with van der Waals surface area (Å²) in [7, 11) is 0. The summed E-state index contributed by atoms with van der Waals surface area (Å²) in [5.74, 6) is -0.572. The first-order valence-electron chi connectivity index (χ1n) is 4.36. The number of esters is 1. The zero-order valence-electron chi connectivity index (χ0n) is 7.98. The number of cyclic esters (lactones) is 1. The van der Waals surface area contributed by atoms with E-state index in [1.165, 1.54) is 19.9 Å². The lowest BCUT2D eigenvalue weighted by atomic mass is 10.1. The summed E-state index contributed by atoms with van der Waals surface area (Å²) in [6, 6.07) is 0. The summed E-state index contributed by atoms with van der Waals surface area (Å²) in [6.07, 6.45) is -0.799. The highest BCUT2D eigenvalue weighted by Gasteiger charge is 2.34. The molecule has 1 aliphatic heterocycles. The standard InChI is InChI=1S/C9H13ClO4/c1-4(11)7-3-6(9(13)14-7)8(10)5(2)12/h3-5,7-8,11-12H,1-2H3/t4-,5-,7+,8-/m0/s1. The van der Waals surface area contributed by atoms with Crippen molar-refractivity contribution >= 4 is 17.6 Å². The Morgan fingerprint density at radius 2 is 2.07 bits per heavy atom. The largest absolute Gasteiger partial charge is 0.452 e. The van der Waals surface area contributed by atoms with Crippen molar-refractivity contribution in [3.63, 3.8) is 0 Å². The highest BCUT2D eigenvalue weighted by atomic mass is 35.5. The fourth-order valence-electron chi connectivity index (χ4n) is 1.17. The van der Waals surface area contributed by atoms with Crippen LogP contribution in [0.4, 0.5) is 0 Å². The van der Waals surface area contributed by atoms with E-state index < -0.39 is 29.7 Å². The third-order valence-electron chi connectivity index (χ3n) is 2.02. The molecule has 1 heterocycles. The minimum atomic E-state index is -0.830. The van der Waals surface area contributed by atoms with E-state index in [1.807, 2.05) is 0 Å². The first kappa shape index (κ1) is 11.5. The van der Waals surface area contributed by atoms with Crippen molar-refractivity contribution in [1.29, 1.82) is 0 Å². The fourth-order valence-corrected chi connectivity index (χ4v) is 1.33. The molecule has 0 aromatic heterocycles. The maximum atomic E-state index is 11.2. The van der Waals surface area contributed by atoms with E-state index in [9.17, 15) is 15.0 Å². The van der Waals surface area contributed by atoms with Crippen LogP contribution < -0.4 is 0 Å². The second kappa shape index (κ2) is 4.29. The first-order valence-corrected chi connectivity index (χ1v) is 4.80. The van der Waals surface area contributed by atoms with Crippen molar-refractivity contribution in [3.05, 3.63) is 11.6 Å². The van der Waals surface area contributed by atoms with Crippen molar-refractivity contribution in [2.75, 3.05) is 0 Å². The molecular weight excluding hydrogens is 208 g/mol. The lowest BCUT2D eigenvalue weighted by Gasteiger charge is -2.11. The number of aliphatic hydroxyl groups excluding tert-OH is 2. The number of ether oxygens (including phenoxy) is 1. The Kier molecular flexibility index (Phi) is 3.53. The molecule has 0 amide bonds. The van der Waals surface area contributed by atoms with Gasteiger partial charge in [-0.05, 0) is 19.9 Å². The lowest BCUT2D eigenvalue weighted by Crippen LogP contribution is -2.23. The molecule has 0 spiro atoms. The molecule has 0 fully saturated rings. The minimum Gasteiger partial charge on any atom is -0.452 e. The van der Waals surface area contributed by atoms with Crippen LogP contribution in [0.25, 0.3) is 0 Å². The fraction of sp³-hybridized carbons (Fsp3) is 0.667. The normalized spacial score (nSPS) is 27.9. The van der Waals surface area contributed by atoms with Crippen LogP contribution >= 0.6 is 11.6 Å². The molecule has 0 radical (unpaired) electrons. The Morgan fingerprint density at radius 1 is 1.50 bits per heavy atom. The zero-order valence-corrected chi connectivity index (χ0v) is 8.73. The SMILES string of the molecule is C[C@H](O)[C@H](Cl)C1=C[C@H]([C@H](C)O)OC1=O. The van der Waals surface area contributed by atoms with E-state index in [2.05, 4.69) is 0 Å². The number of rotatable bonds is 3. The van der Waals surface area contributed by atoms with Gasteiger partial charge in [0.15, 0.2) is 0 Å². The van der Waals surface area contributed by atoms with E-state index in [4.69, 9.17) is 16.3 Å². The van der Waals surface area contributed by atoms with Crippen LogP contribution in [0.1, 0.15) is 13.8 Å². The highest BCUT2D eigenvalue weighted by molar-refractivity contribution is 6.25. The average Bonchev–Trinajstić information content (AvgIpc) is 2.46. The van der Waals surface area contributed by atoms with Crippen LogP contribution in [0.3, 0.4) is 0 Å². The molecule has 80 valence electrons. The molecule has 0 aliphatic carbocycles. The molecule has 1 aliphatic rings. The summed E-state index contributed by atoms with van der Waals surface area (Å²) < 4.78 is 4.83. The summed E-state index contributed by atoms with van der Waals surface area (Å²) in [6.45, 7) is 3.00. The molecule has 4 nitrogen and oxygen atoms in total. The van der Waals surface area contributed by atoms with Crippen LogP contribution in [0.15, 0.2) is 11.6 Å². The second-order valence-electron chi connectivity index (χ2n) is 3.37. The van der Waals surface area contributed by atoms with E-state index >= 15 is 0 Å². The van der Waals surface area contributed by atoms with Gasteiger partial charge in [0.2, 0.25) is 0 Å². The van der Waals surface area contributed by atoms with Gasteiger partial charge in [-0.1, -0.05) is 0 Å². The quantitative estimate of drug-likeness (QED) is 0.527. The Morgan fingerprint density at radius 3 is 2.43 bits per heavy atom. The van der Waals surface area contributed by atoms with E-state index in [1.54, 1.807) is 0 Å². The van der Waals surface area contributed by atoms with Gasteiger partial charge in [0, 0.05) is 0 Å². The summed E-state index contributed by atoms with van der Waals surface area (Å²) in [5, 5.41) is 17.6. The molecule has 0 saturated heterocycles. The van der Waals surface area contributed by atoms with Gasteiger partial charge in [0.05, 0.1) is 23.2 Å². The van der Waals surface area contributed by atoms with Gasteiger partial charge in [0.25, 0.3) is 0 Å². The van der Waals surface area contributed by atoms with E-state index in [0.29, 0.717) is 0 Å². The van der Waals surface area contributed by atoms with Crippen molar-refractivity contribution in [2.24, 2.45) is 0 Å². The Labute approximate surface area is 87.1 Å². The third-order valence-corrected chi connectivity index (χ3v) is 2.62. The van der Waals surface area contributed by atoms with Crippen molar-refractivity contribution in [1.82, 2.24) is 0 Å². The van der Waals surface area contributed by atoms with Crippen LogP contribution in [0.5, 0.6) is 0 Å². The van der Waals surface area contributed by atoms with Gasteiger partial charge < -0.3 is 14.9 Å². The molecule has 2 N–H and O–H groups in total. The van der Waals surface area contributed by atoms with Gasteiger partial charge in [-0.15, -0.1) is 11.6 Å². The molecule has 0 bridgehead atoms. The number of carbonyl (C=O) groups is 1. The van der Waals surface area contributed by atoms with Crippen LogP contribution in [0, 0.1) is 0 Å². The van der Waals surface area contributed by atoms with E-state index in [-0.39, 0.29) is 5.57 Å². The Bertz CT molecular complexity index is 260. The molecule has 1 rings (SSSR count). The van der Waals surface area contributed by atoms with Gasteiger partial charge in [0.1, 0.15) is 6.10 Å². The molecule has 0 saturated carbocycles. The maximum absolute atomic E-state index is 11.2. The van der Waals surface area contributed by atoms with Crippen molar-refractivity contribution < 1.29 is 19.7 Å². The number of aliphatic hydroxyl groups is 2. The van der Waals surface area contributed by atoms with Gasteiger partial charge in [-0.25, -0.2) is 4.79 Å². The smallest absolute Gasteiger partial charge is 0.336 e. The monoisotopic (exact) mass is 220 g/mol. The number of hydrogen-bond acceptors (Lipinski definition) is 4. The topological polar surface area (TPSA) is 66.8 Å². The zero-order chi connectivity index (χ0) is 10.9. The second-order valence-corrected chi connectivity index (χ2v) is 3.85. The molecule has 14 heavy (non-hydrogen) atoms. The average molecular weight is 221 g/mol. The maximum Gasteiger partial charge on any atom is 0.336 e. The minimum absolute atomic E-state index is 0.215. The van der Waals surface area contributed by atoms with Crippen LogP contribution in [-0.2, 0) is 9.53 Å². The van der Waals surface area contributed by atoms with E-state index in [0.717, 1.165) is 0 Å². The number of carbonyl (C=O) groups excluding carboxylic acids is 1.